The van der Waals surface area contributed by atoms with Gasteiger partial charge in [-0.2, -0.15) is 0 Å². The first-order valence-electron chi connectivity index (χ1n) is 6.49. The van der Waals surface area contributed by atoms with E-state index in [1.165, 1.54) is 0 Å². The van der Waals surface area contributed by atoms with Gasteiger partial charge in [0.2, 0.25) is 0 Å². The second-order valence-electron chi connectivity index (χ2n) is 6.35. The van der Waals surface area contributed by atoms with Crippen LogP contribution in [0.25, 0.3) is 0 Å². The van der Waals surface area contributed by atoms with Gasteiger partial charge in [-0.25, -0.2) is 4.79 Å². The van der Waals surface area contributed by atoms with Crippen LogP contribution in [0.5, 0.6) is 0 Å². The normalized spacial score (nSPS) is 37.1. The molecule has 1 unspecified atom stereocenters. The number of aliphatic hydroxyl groups excluding tert-OH is 1. The van der Waals surface area contributed by atoms with Gasteiger partial charge in [0.15, 0.2) is 0 Å². The molecule has 2 saturated heterocycles. The van der Waals surface area contributed by atoms with E-state index in [4.69, 9.17) is 4.74 Å². The maximum atomic E-state index is 12.1. The van der Waals surface area contributed by atoms with Gasteiger partial charge in [-0.1, -0.05) is 6.92 Å². The van der Waals surface area contributed by atoms with Crippen molar-refractivity contribution in [3.8, 4) is 0 Å². The summed E-state index contributed by atoms with van der Waals surface area (Å²) in [6, 6.07) is 0.319. The monoisotopic (exact) mass is 241 g/mol. The Morgan fingerprint density at radius 1 is 1.35 bits per heavy atom. The molecule has 4 nitrogen and oxygen atoms in total. The van der Waals surface area contributed by atoms with Gasteiger partial charge >= 0.3 is 6.09 Å². The van der Waals surface area contributed by atoms with Crippen molar-refractivity contribution in [1.29, 1.82) is 0 Å². The molecule has 2 rings (SSSR count). The molecule has 0 saturated carbocycles. The standard InChI is InChI=1S/C13H23NO3/c1-8-10-6-5-9(7-11(8)15)14(10)12(16)17-13(2,3)4/h8-11,15H,5-7H2,1-4H3/t8-,9+,10-,11?/m0/s1. The molecular weight excluding hydrogens is 218 g/mol. The van der Waals surface area contributed by atoms with E-state index in [1.54, 1.807) is 0 Å². The van der Waals surface area contributed by atoms with E-state index in [-0.39, 0.29) is 30.2 Å². The van der Waals surface area contributed by atoms with Gasteiger partial charge in [-0.3, -0.25) is 0 Å². The molecule has 0 spiro atoms. The van der Waals surface area contributed by atoms with Crippen molar-refractivity contribution >= 4 is 6.09 Å². The number of rotatable bonds is 0. The van der Waals surface area contributed by atoms with Crippen molar-refractivity contribution in [1.82, 2.24) is 4.90 Å². The summed E-state index contributed by atoms with van der Waals surface area (Å²) in [6.07, 6.45) is 2.18. The average molecular weight is 241 g/mol. The van der Waals surface area contributed by atoms with E-state index in [1.807, 2.05) is 32.6 Å². The fourth-order valence-electron chi connectivity index (χ4n) is 3.01. The number of hydrogen-bond acceptors (Lipinski definition) is 3. The third-order valence-electron chi connectivity index (χ3n) is 3.88. The summed E-state index contributed by atoms with van der Waals surface area (Å²) in [5.41, 5.74) is -0.449. The van der Waals surface area contributed by atoms with Gasteiger partial charge in [0.25, 0.3) is 0 Å². The van der Waals surface area contributed by atoms with Crippen molar-refractivity contribution in [2.24, 2.45) is 5.92 Å². The zero-order chi connectivity index (χ0) is 12.8. The van der Waals surface area contributed by atoms with Gasteiger partial charge in [0.1, 0.15) is 5.60 Å². The van der Waals surface area contributed by atoms with Crippen LogP contribution in [0.3, 0.4) is 0 Å². The highest BCUT2D eigenvalue weighted by atomic mass is 16.6. The quantitative estimate of drug-likeness (QED) is 0.707. The summed E-state index contributed by atoms with van der Waals surface area (Å²) < 4.78 is 5.45. The minimum Gasteiger partial charge on any atom is -0.444 e. The number of piperidine rings is 1. The van der Waals surface area contributed by atoms with E-state index in [0.29, 0.717) is 6.42 Å². The highest BCUT2D eigenvalue weighted by Crippen LogP contribution is 2.39. The summed E-state index contributed by atoms with van der Waals surface area (Å²) in [5, 5.41) is 9.91. The maximum absolute atomic E-state index is 12.1. The third kappa shape index (κ3) is 2.41. The Labute approximate surface area is 103 Å². The van der Waals surface area contributed by atoms with Crippen LogP contribution in [0.2, 0.25) is 0 Å². The number of amides is 1. The molecule has 0 aliphatic carbocycles. The summed E-state index contributed by atoms with van der Waals surface area (Å²) in [6.45, 7) is 7.67. The average Bonchev–Trinajstić information content (AvgIpc) is 2.51. The second-order valence-corrected chi connectivity index (χ2v) is 6.35. The molecule has 1 amide bonds. The van der Waals surface area contributed by atoms with Crippen LogP contribution < -0.4 is 0 Å². The van der Waals surface area contributed by atoms with Crippen LogP contribution in [0.4, 0.5) is 4.79 Å². The van der Waals surface area contributed by atoms with E-state index in [9.17, 15) is 9.90 Å². The minimum atomic E-state index is -0.449. The van der Waals surface area contributed by atoms with Gasteiger partial charge in [0.05, 0.1) is 6.10 Å². The van der Waals surface area contributed by atoms with E-state index in [2.05, 4.69) is 0 Å². The van der Waals surface area contributed by atoms with E-state index < -0.39 is 5.60 Å². The molecule has 4 atom stereocenters. The molecule has 98 valence electrons. The Morgan fingerprint density at radius 2 is 2.00 bits per heavy atom. The lowest BCUT2D eigenvalue weighted by Gasteiger charge is -2.41. The van der Waals surface area contributed by atoms with Crippen LogP contribution in [-0.2, 0) is 4.74 Å². The lowest BCUT2D eigenvalue weighted by Crippen LogP contribution is -2.53. The summed E-state index contributed by atoms with van der Waals surface area (Å²) in [4.78, 5) is 14.0. The van der Waals surface area contributed by atoms with Gasteiger partial charge in [0, 0.05) is 18.0 Å². The van der Waals surface area contributed by atoms with Crippen LogP contribution in [0, 0.1) is 5.92 Å². The maximum Gasteiger partial charge on any atom is 0.410 e. The highest BCUT2D eigenvalue weighted by Gasteiger charge is 2.48. The molecule has 4 heteroatoms. The Morgan fingerprint density at radius 3 is 2.59 bits per heavy atom. The zero-order valence-corrected chi connectivity index (χ0v) is 11.1. The Kier molecular flexibility index (Phi) is 3.10. The molecule has 0 aromatic carbocycles. The second kappa shape index (κ2) is 4.16. The SMILES string of the molecule is C[C@@H]1C(O)C[C@H]2CC[C@@H]1N2C(=O)OC(C)(C)C. The molecule has 0 radical (unpaired) electrons. The molecule has 2 bridgehead atoms. The van der Waals surface area contributed by atoms with Gasteiger partial charge < -0.3 is 14.7 Å². The van der Waals surface area contributed by atoms with Crippen molar-refractivity contribution in [2.75, 3.05) is 0 Å². The first-order chi connectivity index (χ1) is 7.79. The molecule has 1 N–H and O–H groups in total. The fourth-order valence-corrected chi connectivity index (χ4v) is 3.01. The number of fused-ring (bicyclic) bond motifs is 2. The summed E-state index contributed by atoms with van der Waals surface area (Å²) in [5.74, 6) is 0.154. The number of aliphatic hydroxyl groups is 1. The Hall–Kier alpha value is -0.770. The number of hydrogen-bond donors (Lipinski definition) is 1. The molecule has 0 aromatic heterocycles. The molecule has 17 heavy (non-hydrogen) atoms. The van der Waals surface area contributed by atoms with Crippen molar-refractivity contribution in [3.63, 3.8) is 0 Å². The van der Waals surface area contributed by atoms with Crippen LogP contribution in [-0.4, -0.2) is 39.9 Å². The van der Waals surface area contributed by atoms with Gasteiger partial charge in [-0.15, -0.1) is 0 Å². The first-order valence-corrected chi connectivity index (χ1v) is 6.49. The molecule has 2 fully saturated rings. The van der Waals surface area contributed by atoms with Crippen molar-refractivity contribution < 1.29 is 14.6 Å². The summed E-state index contributed by atoms with van der Waals surface area (Å²) >= 11 is 0. The first kappa shape index (κ1) is 12.7. The van der Waals surface area contributed by atoms with Gasteiger partial charge in [-0.05, 0) is 40.0 Å². The predicted molar refractivity (Wildman–Crippen MR) is 64.7 cm³/mol. The van der Waals surface area contributed by atoms with Crippen molar-refractivity contribution in [2.45, 2.75) is 70.7 Å². The van der Waals surface area contributed by atoms with Crippen LogP contribution in [0.1, 0.15) is 47.0 Å². The third-order valence-corrected chi connectivity index (χ3v) is 3.88. The Bertz CT molecular complexity index is 310. The molecule has 2 aliphatic rings. The fraction of sp³-hybridized carbons (Fsp3) is 0.923. The lowest BCUT2D eigenvalue weighted by molar-refractivity contribution is -0.0331. The predicted octanol–water partition coefficient (Wildman–Crippen LogP) is 2.16. The van der Waals surface area contributed by atoms with Crippen LogP contribution in [0.15, 0.2) is 0 Å². The number of ether oxygens (including phenoxy) is 1. The molecule has 2 aliphatic heterocycles. The number of carbonyl (C=O) groups is 1. The molecule has 2 heterocycles. The van der Waals surface area contributed by atoms with E-state index in [0.717, 1.165) is 12.8 Å². The minimum absolute atomic E-state index is 0.151. The largest absolute Gasteiger partial charge is 0.444 e. The lowest BCUT2D eigenvalue weighted by atomic mass is 9.89. The van der Waals surface area contributed by atoms with Crippen LogP contribution >= 0.6 is 0 Å². The Balaban J connectivity index is 2.10. The topological polar surface area (TPSA) is 49.8 Å². The number of carbonyl (C=O) groups excluding carboxylic acids is 1. The van der Waals surface area contributed by atoms with E-state index >= 15 is 0 Å². The molecule has 0 aromatic rings. The summed E-state index contributed by atoms with van der Waals surface area (Å²) in [7, 11) is 0. The highest BCUT2D eigenvalue weighted by molar-refractivity contribution is 5.69. The van der Waals surface area contributed by atoms with Crippen molar-refractivity contribution in [3.05, 3.63) is 0 Å². The zero-order valence-electron chi connectivity index (χ0n) is 11.1. The smallest absolute Gasteiger partial charge is 0.410 e. The number of nitrogens with zero attached hydrogens (tertiary/aromatic N) is 1. The molecular formula is C13H23NO3.